The largest absolute Gasteiger partial charge is 0.504 e. The number of benzene rings is 1. The molecule has 21 heavy (non-hydrogen) atoms. The Bertz CT molecular complexity index is 492. The number of aliphatic carboxylic acids is 2. The number of aliphatic hydroxyl groups excluding tert-OH is 1. The molecule has 0 fully saturated rings. The van der Waals surface area contributed by atoms with E-state index in [9.17, 15) is 9.59 Å². The maximum atomic E-state index is 10.4. The molecule has 0 spiro atoms. The molecule has 0 aliphatic heterocycles. The van der Waals surface area contributed by atoms with Crippen LogP contribution in [0.2, 0.25) is 0 Å². The average Bonchev–Trinajstić information content (AvgIpc) is 2.42. The van der Waals surface area contributed by atoms with Gasteiger partial charge in [0.25, 0.3) is 0 Å². The predicted octanol–water partition coefficient (Wildman–Crippen LogP) is -1.56. The summed E-state index contributed by atoms with van der Waals surface area (Å²) in [7, 11) is 0. The van der Waals surface area contributed by atoms with Crippen molar-refractivity contribution >= 4 is 11.9 Å². The third-order valence-corrected chi connectivity index (χ3v) is 2.33. The number of rotatable bonds is 5. The number of aromatic hydroxyl groups is 2. The van der Waals surface area contributed by atoms with Gasteiger partial charge in [0.05, 0.1) is 6.61 Å². The SMILES string of the molecule is N[C@@H](CO)C(=O)O.N[C@@H](Cc1ccc(O)c(O)c1)C(=O)O. The van der Waals surface area contributed by atoms with Crippen molar-refractivity contribution in [3.63, 3.8) is 0 Å². The van der Waals surface area contributed by atoms with E-state index < -0.39 is 30.6 Å². The highest BCUT2D eigenvalue weighted by Crippen LogP contribution is 2.25. The number of hydrogen-bond acceptors (Lipinski definition) is 7. The molecule has 1 rings (SSSR count). The van der Waals surface area contributed by atoms with Gasteiger partial charge in [-0.25, -0.2) is 0 Å². The summed E-state index contributed by atoms with van der Waals surface area (Å²) in [5.41, 5.74) is 10.6. The number of phenols is 2. The second-order valence-electron chi connectivity index (χ2n) is 4.10. The van der Waals surface area contributed by atoms with Gasteiger partial charge in [-0.05, 0) is 24.1 Å². The maximum absolute atomic E-state index is 10.4. The molecule has 1 aromatic rings. The fourth-order valence-corrected chi connectivity index (χ4v) is 1.12. The number of carboxylic acids is 2. The van der Waals surface area contributed by atoms with Crippen molar-refractivity contribution in [3.8, 4) is 11.5 Å². The smallest absolute Gasteiger partial charge is 0.322 e. The lowest BCUT2D eigenvalue weighted by Gasteiger charge is -2.06. The van der Waals surface area contributed by atoms with Crippen molar-refractivity contribution in [1.82, 2.24) is 0 Å². The molecule has 0 saturated carbocycles. The van der Waals surface area contributed by atoms with Crippen molar-refractivity contribution in [2.45, 2.75) is 18.5 Å². The third kappa shape index (κ3) is 7.11. The van der Waals surface area contributed by atoms with Gasteiger partial charge >= 0.3 is 11.9 Å². The molecule has 1 aromatic carbocycles. The summed E-state index contributed by atoms with van der Waals surface area (Å²) in [5.74, 6) is -2.79. The van der Waals surface area contributed by atoms with Crippen molar-refractivity contribution in [3.05, 3.63) is 23.8 Å². The van der Waals surface area contributed by atoms with Gasteiger partial charge in [-0.1, -0.05) is 6.07 Å². The molecule has 0 heterocycles. The molecule has 0 bridgehead atoms. The summed E-state index contributed by atoms with van der Waals surface area (Å²) < 4.78 is 0. The number of aliphatic hydroxyl groups is 1. The Morgan fingerprint density at radius 3 is 1.86 bits per heavy atom. The van der Waals surface area contributed by atoms with E-state index in [0.717, 1.165) is 0 Å². The normalized spacial score (nSPS) is 12.7. The number of carbonyl (C=O) groups is 2. The van der Waals surface area contributed by atoms with E-state index in [1.807, 2.05) is 0 Å². The van der Waals surface area contributed by atoms with Crippen LogP contribution in [0.25, 0.3) is 0 Å². The van der Waals surface area contributed by atoms with Crippen LogP contribution < -0.4 is 11.5 Å². The number of carboxylic acid groups (broad SMARTS) is 2. The first-order chi connectivity index (χ1) is 9.68. The standard InChI is InChI=1S/C9H11NO4.C3H7NO3/c10-6(9(13)14)3-5-1-2-7(11)8(12)4-5;4-2(1-5)3(6)7/h1-2,4,6,11-12H,3,10H2,(H,13,14);2,5H,1,4H2,(H,6,7)/t6-;2-/m00/s1. The van der Waals surface area contributed by atoms with Crippen LogP contribution in [0.1, 0.15) is 5.56 Å². The lowest BCUT2D eigenvalue weighted by atomic mass is 10.1. The van der Waals surface area contributed by atoms with Gasteiger partial charge in [0, 0.05) is 0 Å². The van der Waals surface area contributed by atoms with Crippen LogP contribution in [0.15, 0.2) is 18.2 Å². The van der Waals surface area contributed by atoms with Crippen LogP contribution in [0.4, 0.5) is 0 Å². The topological polar surface area (TPSA) is 187 Å². The highest BCUT2D eigenvalue weighted by Gasteiger charge is 2.12. The second-order valence-corrected chi connectivity index (χ2v) is 4.10. The van der Waals surface area contributed by atoms with E-state index in [-0.39, 0.29) is 17.9 Å². The minimum Gasteiger partial charge on any atom is -0.504 e. The van der Waals surface area contributed by atoms with Crippen molar-refractivity contribution in [1.29, 1.82) is 0 Å². The first-order valence-electron chi connectivity index (χ1n) is 5.77. The molecule has 9 heteroatoms. The van der Waals surface area contributed by atoms with Gasteiger partial charge in [-0.3, -0.25) is 9.59 Å². The summed E-state index contributed by atoms with van der Waals surface area (Å²) in [6.45, 7) is -0.505. The molecule has 0 unspecified atom stereocenters. The fourth-order valence-electron chi connectivity index (χ4n) is 1.12. The zero-order chi connectivity index (χ0) is 16.6. The fraction of sp³-hybridized carbons (Fsp3) is 0.333. The Morgan fingerprint density at radius 1 is 1.00 bits per heavy atom. The molecule has 0 aliphatic carbocycles. The van der Waals surface area contributed by atoms with E-state index in [4.69, 9.17) is 37.0 Å². The molecule has 9 N–H and O–H groups in total. The summed E-state index contributed by atoms with van der Waals surface area (Å²) >= 11 is 0. The van der Waals surface area contributed by atoms with E-state index in [0.29, 0.717) is 5.56 Å². The summed E-state index contributed by atoms with van der Waals surface area (Å²) in [6.07, 6.45) is 0.114. The van der Waals surface area contributed by atoms with Gasteiger partial charge in [-0.15, -0.1) is 0 Å². The number of nitrogens with two attached hydrogens (primary N) is 2. The lowest BCUT2D eigenvalue weighted by molar-refractivity contribution is -0.140. The molecule has 0 saturated heterocycles. The summed E-state index contributed by atoms with van der Waals surface area (Å²) in [6, 6.07) is 1.97. The van der Waals surface area contributed by atoms with Crippen LogP contribution in [-0.2, 0) is 16.0 Å². The highest BCUT2D eigenvalue weighted by atomic mass is 16.4. The molecule has 118 valence electrons. The Morgan fingerprint density at radius 2 is 1.52 bits per heavy atom. The highest BCUT2D eigenvalue weighted by molar-refractivity contribution is 5.73. The molecule has 2 atom stereocenters. The molecular formula is C12H18N2O7. The monoisotopic (exact) mass is 302 g/mol. The lowest BCUT2D eigenvalue weighted by Crippen LogP contribution is -2.33. The Labute approximate surface area is 120 Å². The first kappa shape index (κ1) is 18.6. The Balaban J connectivity index is 0.000000486. The average molecular weight is 302 g/mol. The molecule has 0 radical (unpaired) electrons. The van der Waals surface area contributed by atoms with Crippen molar-refractivity contribution in [2.75, 3.05) is 6.61 Å². The van der Waals surface area contributed by atoms with Crippen LogP contribution in [0, 0.1) is 0 Å². The van der Waals surface area contributed by atoms with Gasteiger partial charge in [-0.2, -0.15) is 0 Å². The van der Waals surface area contributed by atoms with Crippen molar-refractivity contribution in [2.24, 2.45) is 11.5 Å². The maximum Gasteiger partial charge on any atom is 0.322 e. The minimum absolute atomic E-state index is 0.114. The van der Waals surface area contributed by atoms with E-state index >= 15 is 0 Å². The molecule has 9 nitrogen and oxygen atoms in total. The van der Waals surface area contributed by atoms with Gasteiger partial charge in [0.2, 0.25) is 0 Å². The number of hydrogen-bond donors (Lipinski definition) is 7. The first-order valence-corrected chi connectivity index (χ1v) is 5.77. The van der Waals surface area contributed by atoms with Crippen LogP contribution in [0.3, 0.4) is 0 Å². The zero-order valence-electron chi connectivity index (χ0n) is 11.0. The molecule has 0 amide bonds. The quantitative estimate of drug-likeness (QED) is 0.315. The Hall–Kier alpha value is -2.36. The Kier molecular flexibility index (Phi) is 7.76. The minimum atomic E-state index is -1.18. The molecule has 0 aliphatic rings. The summed E-state index contributed by atoms with van der Waals surface area (Å²) in [4.78, 5) is 20.1. The number of phenolic OH excluding ortho intramolecular Hbond substituents is 2. The predicted molar refractivity (Wildman–Crippen MR) is 71.8 cm³/mol. The van der Waals surface area contributed by atoms with Gasteiger partial charge in [0.1, 0.15) is 12.1 Å². The van der Waals surface area contributed by atoms with Crippen LogP contribution in [-0.4, -0.2) is 56.2 Å². The van der Waals surface area contributed by atoms with Gasteiger partial charge in [0.15, 0.2) is 11.5 Å². The second kappa shape index (κ2) is 8.74. The molecular weight excluding hydrogens is 284 g/mol. The summed E-state index contributed by atoms with van der Waals surface area (Å²) in [5, 5.41) is 42.5. The van der Waals surface area contributed by atoms with Crippen LogP contribution in [0.5, 0.6) is 11.5 Å². The van der Waals surface area contributed by atoms with E-state index in [1.54, 1.807) is 0 Å². The van der Waals surface area contributed by atoms with Gasteiger partial charge < -0.3 is 37.0 Å². The van der Waals surface area contributed by atoms with E-state index in [2.05, 4.69) is 0 Å². The third-order valence-electron chi connectivity index (χ3n) is 2.33. The van der Waals surface area contributed by atoms with Crippen LogP contribution >= 0.6 is 0 Å². The van der Waals surface area contributed by atoms with Crippen molar-refractivity contribution < 1.29 is 35.1 Å². The zero-order valence-corrected chi connectivity index (χ0v) is 11.0. The molecule has 0 aromatic heterocycles. The van der Waals surface area contributed by atoms with E-state index in [1.165, 1.54) is 18.2 Å².